The molecule has 0 heterocycles. The second-order valence-corrected chi connectivity index (χ2v) is 4.40. The predicted octanol–water partition coefficient (Wildman–Crippen LogP) is 1.09. The second kappa shape index (κ2) is 5.09. The Bertz CT molecular complexity index is 358. The van der Waals surface area contributed by atoms with Gasteiger partial charge in [-0.2, -0.15) is 8.42 Å². The minimum absolute atomic E-state index is 0.00767. The molecule has 0 amide bonds. The van der Waals surface area contributed by atoms with Crippen LogP contribution in [0, 0.1) is 0 Å². The molecule has 1 rings (SSSR count). The van der Waals surface area contributed by atoms with Gasteiger partial charge in [-0.25, -0.2) is 0 Å². The molecule has 0 radical (unpaired) electrons. The zero-order valence-electron chi connectivity index (χ0n) is 7.59. The monoisotopic (exact) mass is 216 g/mol. The first-order valence-corrected chi connectivity index (χ1v) is 5.76. The highest BCUT2D eigenvalue weighted by Gasteiger charge is 2.03. The van der Waals surface area contributed by atoms with Gasteiger partial charge in [0.05, 0.1) is 19.0 Å². The summed E-state index contributed by atoms with van der Waals surface area (Å²) in [5.74, 6) is -0.361. The molecular formula is C9H12O4S. The summed E-state index contributed by atoms with van der Waals surface area (Å²) >= 11 is 0. The maximum Gasteiger partial charge on any atom is 0.267 e. The van der Waals surface area contributed by atoms with Gasteiger partial charge in [0.1, 0.15) is 0 Å². The van der Waals surface area contributed by atoms with Crippen LogP contribution in [-0.2, 0) is 21.5 Å². The molecule has 1 aromatic carbocycles. The van der Waals surface area contributed by atoms with Crippen LogP contribution in [0.1, 0.15) is 5.56 Å². The maximum atomic E-state index is 10.3. The molecule has 0 atom stereocenters. The van der Waals surface area contributed by atoms with E-state index in [1.165, 1.54) is 0 Å². The Morgan fingerprint density at radius 2 is 1.86 bits per heavy atom. The van der Waals surface area contributed by atoms with Crippen LogP contribution in [-0.4, -0.2) is 25.3 Å². The van der Waals surface area contributed by atoms with Gasteiger partial charge in [-0.1, -0.05) is 30.3 Å². The lowest BCUT2D eigenvalue weighted by Crippen LogP contribution is -2.10. The molecule has 0 bridgehead atoms. The molecule has 4 nitrogen and oxygen atoms in total. The van der Waals surface area contributed by atoms with Gasteiger partial charge in [-0.15, -0.1) is 0 Å². The van der Waals surface area contributed by atoms with Crippen molar-refractivity contribution in [1.29, 1.82) is 0 Å². The number of rotatable bonds is 5. The average molecular weight is 216 g/mol. The van der Waals surface area contributed by atoms with Gasteiger partial charge in [0.2, 0.25) is 0 Å². The fraction of sp³-hybridized carbons (Fsp3) is 0.333. The normalized spacial score (nSPS) is 11.5. The number of hydrogen-bond donors (Lipinski definition) is 1. The molecule has 0 aliphatic carbocycles. The van der Waals surface area contributed by atoms with Crippen molar-refractivity contribution < 1.29 is 17.7 Å². The van der Waals surface area contributed by atoms with Crippen molar-refractivity contribution in [3.63, 3.8) is 0 Å². The van der Waals surface area contributed by atoms with E-state index in [1.807, 2.05) is 30.3 Å². The van der Waals surface area contributed by atoms with Crippen LogP contribution in [0.3, 0.4) is 0 Å². The summed E-state index contributed by atoms with van der Waals surface area (Å²) in [6, 6.07) is 9.41. The van der Waals surface area contributed by atoms with Gasteiger partial charge in [-0.05, 0) is 5.56 Å². The Morgan fingerprint density at radius 3 is 2.43 bits per heavy atom. The van der Waals surface area contributed by atoms with Crippen molar-refractivity contribution in [2.75, 3.05) is 12.4 Å². The fourth-order valence-corrected chi connectivity index (χ4v) is 1.26. The van der Waals surface area contributed by atoms with Gasteiger partial charge >= 0.3 is 0 Å². The summed E-state index contributed by atoms with van der Waals surface area (Å²) in [5.41, 5.74) is 0.975. The van der Waals surface area contributed by atoms with Crippen molar-refractivity contribution in [3.8, 4) is 0 Å². The second-order valence-electron chi connectivity index (χ2n) is 2.82. The summed E-state index contributed by atoms with van der Waals surface area (Å²) < 4.78 is 34.1. The highest BCUT2D eigenvalue weighted by Crippen LogP contribution is 2.00. The van der Waals surface area contributed by atoms with E-state index in [9.17, 15) is 8.42 Å². The molecule has 0 aromatic heterocycles. The van der Waals surface area contributed by atoms with Gasteiger partial charge in [0, 0.05) is 0 Å². The van der Waals surface area contributed by atoms with Gasteiger partial charge < -0.3 is 4.74 Å². The summed E-state index contributed by atoms with van der Waals surface area (Å²) in [5, 5.41) is 0. The molecule has 5 heteroatoms. The average Bonchev–Trinajstić information content (AvgIpc) is 2.13. The Hall–Kier alpha value is -0.910. The standard InChI is InChI=1S/C9H12O4S/c10-14(11,12)7-6-13-8-9-4-2-1-3-5-9/h1-5H,6-8H2,(H,10,11,12). The first kappa shape index (κ1) is 11.2. The van der Waals surface area contributed by atoms with Crippen LogP contribution < -0.4 is 0 Å². The van der Waals surface area contributed by atoms with Crippen LogP contribution >= 0.6 is 0 Å². The molecule has 0 fully saturated rings. The molecule has 0 aliphatic rings. The van der Waals surface area contributed by atoms with Crippen molar-refractivity contribution in [1.82, 2.24) is 0 Å². The minimum Gasteiger partial charge on any atom is -0.376 e. The number of hydrogen-bond acceptors (Lipinski definition) is 3. The zero-order valence-corrected chi connectivity index (χ0v) is 8.40. The third kappa shape index (κ3) is 4.96. The molecule has 0 saturated carbocycles. The van der Waals surface area contributed by atoms with E-state index in [0.717, 1.165) is 5.56 Å². The Morgan fingerprint density at radius 1 is 1.21 bits per heavy atom. The van der Waals surface area contributed by atoms with E-state index >= 15 is 0 Å². The molecule has 0 spiro atoms. The number of benzene rings is 1. The van der Waals surface area contributed by atoms with Crippen LogP contribution in [0.15, 0.2) is 30.3 Å². The fourth-order valence-electron chi connectivity index (χ4n) is 0.928. The Balaban J connectivity index is 2.23. The lowest BCUT2D eigenvalue weighted by Gasteiger charge is -2.02. The van der Waals surface area contributed by atoms with Gasteiger partial charge in [-0.3, -0.25) is 4.55 Å². The van der Waals surface area contributed by atoms with Gasteiger partial charge in [0.15, 0.2) is 0 Å². The van der Waals surface area contributed by atoms with Crippen LogP contribution in [0.5, 0.6) is 0 Å². The van der Waals surface area contributed by atoms with Crippen LogP contribution in [0.25, 0.3) is 0 Å². The molecular weight excluding hydrogens is 204 g/mol. The summed E-state index contributed by atoms with van der Waals surface area (Å²) in [6.07, 6.45) is 0. The van der Waals surface area contributed by atoms with Crippen molar-refractivity contribution in [2.45, 2.75) is 6.61 Å². The summed E-state index contributed by atoms with van der Waals surface area (Å²) in [4.78, 5) is 0. The van der Waals surface area contributed by atoms with E-state index in [0.29, 0.717) is 6.61 Å². The van der Waals surface area contributed by atoms with Crippen molar-refractivity contribution >= 4 is 10.1 Å². The highest BCUT2D eigenvalue weighted by molar-refractivity contribution is 7.85. The van der Waals surface area contributed by atoms with E-state index in [4.69, 9.17) is 9.29 Å². The first-order valence-electron chi connectivity index (χ1n) is 4.15. The molecule has 1 aromatic rings. The van der Waals surface area contributed by atoms with E-state index in [1.54, 1.807) is 0 Å². The van der Waals surface area contributed by atoms with E-state index < -0.39 is 10.1 Å². The largest absolute Gasteiger partial charge is 0.376 e. The maximum absolute atomic E-state index is 10.3. The third-order valence-corrected chi connectivity index (χ3v) is 2.28. The predicted molar refractivity (Wildman–Crippen MR) is 52.5 cm³/mol. The molecule has 0 saturated heterocycles. The summed E-state index contributed by atoms with van der Waals surface area (Å²) in [7, 11) is -3.90. The van der Waals surface area contributed by atoms with Crippen molar-refractivity contribution in [3.05, 3.63) is 35.9 Å². The minimum atomic E-state index is -3.90. The lowest BCUT2D eigenvalue weighted by atomic mass is 10.2. The zero-order chi connectivity index (χ0) is 10.4. The van der Waals surface area contributed by atoms with E-state index in [2.05, 4.69) is 0 Å². The van der Waals surface area contributed by atoms with Crippen molar-refractivity contribution in [2.24, 2.45) is 0 Å². The summed E-state index contributed by atoms with van der Waals surface area (Å²) in [6.45, 7) is 0.365. The Kier molecular flexibility index (Phi) is 4.06. The van der Waals surface area contributed by atoms with E-state index in [-0.39, 0.29) is 12.4 Å². The molecule has 0 aliphatic heterocycles. The SMILES string of the molecule is O=S(=O)(O)CCOCc1ccccc1. The topological polar surface area (TPSA) is 63.6 Å². The number of ether oxygens (including phenoxy) is 1. The molecule has 1 N–H and O–H groups in total. The molecule has 0 unspecified atom stereocenters. The first-order chi connectivity index (χ1) is 6.58. The third-order valence-electron chi connectivity index (χ3n) is 1.60. The van der Waals surface area contributed by atoms with Crippen LogP contribution in [0.2, 0.25) is 0 Å². The molecule has 14 heavy (non-hydrogen) atoms. The highest BCUT2D eigenvalue weighted by atomic mass is 32.2. The Labute approximate surface area is 83.3 Å². The quantitative estimate of drug-likeness (QED) is 0.591. The smallest absolute Gasteiger partial charge is 0.267 e. The van der Waals surface area contributed by atoms with Gasteiger partial charge in [0.25, 0.3) is 10.1 Å². The molecule has 78 valence electrons. The van der Waals surface area contributed by atoms with Crippen LogP contribution in [0.4, 0.5) is 0 Å². The lowest BCUT2D eigenvalue weighted by molar-refractivity contribution is 0.134.